The number of aryl methyl sites for hydroxylation is 1. The van der Waals surface area contributed by atoms with Gasteiger partial charge in [0.15, 0.2) is 0 Å². The number of thiocarbonyl (C=S) groups is 1. The van der Waals surface area contributed by atoms with Gasteiger partial charge in [-0.25, -0.2) is 4.98 Å². The maximum Gasteiger partial charge on any atom is 0.267 e. The standard InChI is InChI=1S/C19H22N4O2S2/c1-5-12(4)23-18(25)14(27-19(23)26)9-13-16(20-6-2)21-15-8-7-11(3)10-22(15)17(13)24/h7-10,12,20H,5-6H2,1-4H3/b14-9+. The zero-order chi connectivity index (χ0) is 19.7. The fourth-order valence-corrected chi connectivity index (χ4v) is 4.31. The van der Waals surface area contributed by atoms with Gasteiger partial charge < -0.3 is 5.32 Å². The maximum atomic E-state index is 13.1. The van der Waals surface area contributed by atoms with Crippen molar-refractivity contribution in [2.45, 2.75) is 40.2 Å². The molecule has 0 spiro atoms. The van der Waals surface area contributed by atoms with E-state index in [1.165, 1.54) is 16.2 Å². The first-order valence-corrected chi connectivity index (χ1v) is 10.1. The number of rotatable bonds is 5. The highest BCUT2D eigenvalue weighted by atomic mass is 32.2. The van der Waals surface area contributed by atoms with Gasteiger partial charge in [0.25, 0.3) is 11.5 Å². The molecule has 0 saturated carbocycles. The number of aromatic nitrogens is 2. The summed E-state index contributed by atoms with van der Waals surface area (Å²) in [6.45, 7) is 8.44. The van der Waals surface area contributed by atoms with Crippen molar-refractivity contribution >= 4 is 51.7 Å². The monoisotopic (exact) mass is 402 g/mol. The topological polar surface area (TPSA) is 66.7 Å². The van der Waals surface area contributed by atoms with Crippen LogP contribution < -0.4 is 10.9 Å². The number of nitrogens with one attached hydrogen (secondary N) is 1. The number of thioether (sulfide) groups is 1. The normalized spacial score (nSPS) is 17.2. The average Bonchev–Trinajstić information content (AvgIpc) is 2.92. The summed E-state index contributed by atoms with van der Waals surface area (Å²) in [7, 11) is 0. The van der Waals surface area contributed by atoms with E-state index in [0.717, 1.165) is 12.0 Å². The van der Waals surface area contributed by atoms with Crippen LogP contribution in [0.1, 0.15) is 38.3 Å². The maximum absolute atomic E-state index is 13.1. The van der Waals surface area contributed by atoms with E-state index in [-0.39, 0.29) is 17.5 Å². The molecular formula is C19H22N4O2S2. The number of anilines is 1. The van der Waals surface area contributed by atoms with Crippen molar-refractivity contribution in [2.24, 2.45) is 0 Å². The van der Waals surface area contributed by atoms with Crippen LogP contribution in [0.2, 0.25) is 0 Å². The lowest BCUT2D eigenvalue weighted by molar-refractivity contribution is -0.123. The molecule has 0 bridgehead atoms. The molecular weight excluding hydrogens is 380 g/mol. The van der Waals surface area contributed by atoms with Crippen molar-refractivity contribution in [1.82, 2.24) is 14.3 Å². The first-order valence-electron chi connectivity index (χ1n) is 8.91. The molecule has 0 radical (unpaired) electrons. The van der Waals surface area contributed by atoms with E-state index in [1.54, 1.807) is 17.2 Å². The van der Waals surface area contributed by atoms with Gasteiger partial charge in [-0.05, 0) is 44.9 Å². The van der Waals surface area contributed by atoms with E-state index in [9.17, 15) is 9.59 Å². The molecule has 1 fully saturated rings. The third-order valence-corrected chi connectivity index (χ3v) is 5.81. The minimum Gasteiger partial charge on any atom is -0.370 e. The van der Waals surface area contributed by atoms with Crippen molar-refractivity contribution in [2.75, 3.05) is 11.9 Å². The van der Waals surface area contributed by atoms with E-state index in [4.69, 9.17) is 12.2 Å². The zero-order valence-corrected chi connectivity index (χ0v) is 17.4. The van der Waals surface area contributed by atoms with Crippen LogP contribution in [0.25, 0.3) is 11.7 Å². The first kappa shape index (κ1) is 19.6. The number of fused-ring (bicyclic) bond motifs is 1. The van der Waals surface area contributed by atoms with Crippen LogP contribution in [0, 0.1) is 6.92 Å². The van der Waals surface area contributed by atoms with Crippen LogP contribution in [0.3, 0.4) is 0 Å². The smallest absolute Gasteiger partial charge is 0.267 e. The number of nitrogens with zero attached hydrogens (tertiary/aromatic N) is 3. The Bertz CT molecular complexity index is 1010. The third-order valence-electron chi connectivity index (χ3n) is 4.48. The van der Waals surface area contributed by atoms with Crippen LogP contribution in [0.4, 0.5) is 5.82 Å². The van der Waals surface area contributed by atoms with E-state index < -0.39 is 0 Å². The second-order valence-corrected chi connectivity index (χ2v) is 8.13. The highest BCUT2D eigenvalue weighted by Gasteiger charge is 2.35. The van der Waals surface area contributed by atoms with Gasteiger partial charge in [-0.1, -0.05) is 37.0 Å². The molecule has 27 heavy (non-hydrogen) atoms. The first-order chi connectivity index (χ1) is 12.9. The Kier molecular flexibility index (Phi) is 5.67. The zero-order valence-electron chi connectivity index (χ0n) is 15.8. The Morgan fingerprint density at radius 1 is 1.33 bits per heavy atom. The SMILES string of the molecule is CCNc1nc2ccc(C)cn2c(=O)c1/C=C1/SC(=S)N(C(C)CC)C1=O. The Labute approximate surface area is 167 Å². The number of hydrogen-bond donors (Lipinski definition) is 1. The lowest BCUT2D eigenvalue weighted by Crippen LogP contribution is -2.36. The van der Waals surface area contributed by atoms with Crippen LogP contribution in [-0.4, -0.2) is 37.1 Å². The summed E-state index contributed by atoms with van der Waals surface area (Å²) in [6, 6.07) is 3.74. The molecule has 1 aliphatic rings. The van der Waals surface area contributed by atoms with Crippen molar-refractivity contribution in [3.8, 4) is 0 Å². The Morgan fingerprint density at radius 2 is 2.07 bits per heavy atom. The van der Waals surface area contributed by atoms with Crippen molar-refractivity contribution in [3.05, 3.63) is 44.7 Å². The number of carbonyl (C=O) groups excluding carboxylic acids is 1. The number of pyridine rings is 1. The van der Waals surface area contributed by atoms with Crippen molar-refractivity contribution in [3.63, 3.8) is 0 Å². The van der Waals surface area contributed by atoms with Gasteiger partial charge in [-0.15, -0.1) is 0 Å². The second kappa shape index (κ2) is 7.82. The fraction of sp³-hybridized carbons (Fsp3) is 0.368. The van der Waals surface area contributed by atoms with Crippen LogP contribution >= 0.6 is 24.0 Å². The Hall–Kier alpha value is -2.19. The summed E-state index contributed by atoms with van der Waals surface area (Å²) in [5, 5.41) is 3.13. The Balaban J connectivity index is 2.16. The molecule has 2 aromatic heterocycles. The molecule has 1 amide bonds. The number of amides is 1. The van der Waals surface area contributed by atoms with Crippen molar-refractivity contribution in [1.29, 1.82) is 0 Å². The molecule has 6 nitrogen and oxygen atoms in total. The number of hydrogen-bond acceptors (Lipinski definition) is 6. The fourth-order valence-electron chi connectivity index (χ4n) is 2.86. The Morgan fingerprint density at radius 3 is 2.74 bits per heavy atom. The predicted molar refractivity (Wildman–Crippen MR) is 115 cm³/mol. The van der Waals surface area contributed by atoms with Gasteiger partial charge in [-0.2, -0.15) is 0 Å². The summed E-state index contributed by atoms with van der Waals surface area (Å²) in [4.78, 5) is 32.5. The molecule has 2 aromatic rings. The van der Waals surface area contributed by atoms with Crippen LogP contribution in [-0.2, 0) is 4.79 Å². The largest absolute Gasteiger partial charge is 0.370 e. The molecule has 1 aliphatic heterocycles. The molecule has 1 saturated heterocycles. The molecule has 1 N–H and O–H groups in total. The van der Waals surface area contributed by atoms with Crippen LogP contribution in [0.5, 0.6) is 0 Å². The number of carbonyl (C=O) groups is 1. The second-order valence-electron chi connectivity index (χ2n) is 6.45. The van der Waals surface area contributed by atoms with E-state index >= 15 is 0 Å². The molecule has 3 rings (SSSR count). The van der Waals surface area contributed by atoms with E-state index in [0.29, 0.717) is 32.8 Å². The van der Waals surface area contributed by atoms with Gasteiger partial charge in [0, 0.05) is 18.8 Å². The van der Waals surface area contributed by atoms with Crippen molar-refractivity contribution < 1.29 is 4.79 Å². The summed E-state index contributed by atoms with van der Waals surface area (Å²) in [5.74, 6) is 0.315. The molecule has 0 aromatic carbocycles. The quantitative estimate of drug-likeness (QED) is 0.610. The minimum absolute atomic E-state index is 0.0233. The summed E-state index contributed by atoms with van der Waals surface area (Å²) < 4.78 is 2.03. The lowest BCUT2D eigenvalue weighted by Gasteiger charge is -2.21. The summed E-state index contributed by atoms with van der Waals surface area (Å²) >= 11 is 6.61. The van der Waals surface area contributed by atoms with Gasteiger partial charge in [0.2, 0.25) is 0 Å². The highest BCUT2D eigenvalue weighted by Crippen LogP contribution is 2.34. The molecule has 1 atom stereocenters. The molecule has 0 aliphatic carbocycles. The third kappa shape index (κ3) is 3.64. The lowest BCUT2D eigenvalue weighted by atomic mass is 10.2. The molecule has 3 heterocycles. The van der Waals surface area contributed by atoms with Gasteiger partial charge in [0.05, 0.1) is 10.5 Å². The minimum atomic E-state index is -0.214. The molecule has 1 unspecified atom stereocenters. The average molecular weight is 403 g/mol. The molecule has 142 valence electrons. The highest BCUT2D eigenvalue weighted by molar-refractivity contribution is 8.26. The predicted octanol–water partition coefficient (Wildman–Crippen LogP) is 3.43. The van der Waals surface area contributed by atoms with Crippen LogP contribution in [0.15, 0.2) is 28.0 Å². The van der Waals surface area contributed by atoms with Gasteiger partial charge >= 0.3 is 0 Å². The van der Waals surface area contributed by atoms with Gasteiger partial charge in [-0.3, -0.25) is 18.9 Å². The summed E-state index contributed by atoms with van der Waals surface area (Å²) in [6.07, 6.45) is 4.17. The van der Waals surface area contributed by atoms with E-state index in [2.05, 4.69) is 10.3 Å². The van der Waals surface area contributed by atoms with Gasteiger partial charge in [0.1, 0.15) is 15.8 Å². The summed E-state index contributed by atoms with van der Waals surface area (Å²) in [5.41, 5.74) is 1.67. The molecule has 8 heteroatoms. The van der Waals surface area contributed by atoms with E-state index in [1.807, 2.05) is 39.8 Å².